The lowest BCUT2D eigenvalue weighted by molar-refractivity contribution is 0.570. The van der Waals surface area contributed by atoms with E-state index >= 15 is 0 Å². The van der Waals surface area contributed by atoms with Gasteiger partial charge in [-0.1, -0.05) is 0 Å². The highest BCUT2D eigenvalue weighted by molar-refractivity contribution is 5.78. The van der Waals surface area contributed by atoms with Crippen LogP contribution in [0.5, 0.6) is 0 Å². The quantitative estimate of drug-likeness (QED) is 0.548. The Kier molecular flexibility index (Phi) is 2.02. The molecular weight excluding hydrogens is 244 g/mol. The van der Waals surface area contributed by atoms with Crippen molar-refractivity contribution >= 4 is 5.65 Å². The van der Waals surface area contributed by atoms with Crippen molar-refractivity contribution in [3.63, 3.8) is 0 Å². The molecule has 0 saturated carbocycles. The molecule has 6 nitrogen and oxygen atoms in total. The van der Waals surface area contributed by atoms with Crippen molar-refractivity contribution in [2.75, 3.05) is 0 Å². The number of oxazole rings is 2. The van der Waals surface area contributed by atoms with E-state index in [0.717, 1.165) is 16.8 Å². The van der Waals surface area contributed by atoms with Gasteiger partial charge in [-0.05, 0) is 6.07 Å². The molecule has 0 aliphatic heterocycles. The summed E-state index contributed by atoms with van der Waals surface area (Å²) in [4.78, 5) is 12.2. The highest BCUT2D eigenvalue weighted by Gasteiger charge is 2.12. The van der Waals surface area contributed by atoms with Crippen LogP contribution in [0.2, 0.25) is 0 Å². The van der Waals surface area contributed by atoms with Gasteiger partial charge in [0, 0.05) is 24.2 Å². The monoisotopic (exact) mass is 252 g/mol. The van der Waals surface area contributed by atoms with Gasteiger partial charge in [-0.2, -0.15) is 0 Å². The van der Waals surface area contributed by atoms with Gasteiger partial charge in [-0.25, -0.2) is 15.0 Å². The van der Waals surface area contributed by atoms with Gasteiger partial charge >= 0.3 is 0 Å². The van der Waals surface area contributed by atoms with Crippen LogP contribution in [-0.2, 0) is 0 Å². The molecule has 0 bridgehead atoms. The lowest BCUT2D eigenvalue weighted by atomic mass is 10.1. The molecule has 92 valence electrons. The molecule has 0 radical (unpaired) electrons. The van der Waals surface area contributed by atoms with Crippen molar-refractivity contribution < 1.29 is 8.83 Å². The van der Waals surface area contributed by atoms with Crippen LogP contribution >= 0.6 is 0 Å². The van der Waals surface area contributed by atoms with Crippen LogP contribution in [0, 0.1) is 0 Å². The molecular formula is C13H8N4O2. The van der Waals surface area contributed by atoms with E-state index in [0.29, 0.717) is 11.5 Å². The molecule has 0 unspecified atom stereocenters. The molecule has 0 amide bonds. The minimum Gasteiger partial charge on any atom is -0.443 e. The van der Waals surface area contributed by atoms with Crippen LogP contribution < -0.4 is 0 Å². The molecule has 0 N–H and O–H groups in total. The molecule has 4 rings (SSSR count). The minimum atomic E-state index is 0.664. The average Bonchev–Trinajstić information content (AvgIpc) is 3.18. The van der Waals surface area contributed by atoms with E-state index in [9.17, 15) is 0 Å². The summed E-state index contributed by atoms with van der Waals surface area (Å²) in [7, 11) is 0. The standard InChI is InChI=1S/C13H8N4O2/c1-2-17-6-9(11-4-14-7-18-11)3-10(13(17)16-1)12-5-15-8-19-12/h1-8H. The fourth-order valence-electron chi connectivity index (χ4n) is 2.06. The lowest BCUT2D eigenvalue weighted by Gasteiger charge is -2.04. The van der Waals surface area contributed by atoms with Gasteiger partial charge in [-0.15, -0.1) is 0 Å². The van der Waals surface area contributed by atoms with Crippen molar-refractivity contribution in [1.29, 1.82) is 0 Å². The summed E-state index contributed by atoms with van der Waals surface area (Å²) in [5.74, 6) is 1.36. The highest BCUT2D eigenvalue weighted by atomic mass is 16.3. The summed E-state index contributed by atoms with van der Waals surface area (Å²) in [6.07, 6.45) is 11.7. The normalized spacial score (nSPS) is 11.2. The number of hydrogen-bond acceptors (Lipinski definition) is 5. The number of imidazole rings is 1. The van der Waals surface area contributed by atoms with Gasteiger partial charge in [0.05, 0.1) is 18.0 Å². The fraction of sp³-hybridized carbons (Fsp3) is 0. The van der Waals surface area contributed by atoms with Crippen molar-refractivity contribution in [3.8, 4) is 22.6 Å². The predicted molar refractivity (Wildman–Crippen MR) is 66.2 cm³/mol. The highest BCUT2D eigenvalue weighted by Crippen LogP contribution is 2.29. The first-order chi connectivity index (χ1) is 9.42. The van der Waals surface area contributed by atoms with Crippen LogP contribution in [0.25, 0.3) is 28.3 Å². The summed E-state index contributed by atoms with van der Waals surface area (Å²) in [6.45, 7) is 0. The molecule has 0 saturated heterocycles. The molecule has 4 heterocycles. The Morgan fingerprint density at radius 3 is 2.53 bits per heavy atom. The Balaban J connectivity index is 2.03. The van der Waals surface area contributed by atoms with Gasteiger partial charge in [0.15, 0.2) is 24.3 Å². The van der Waals surface area contributed by atoms with E-state index in [1.165, 1.54) is 12.8 Å². The maximum absolute atomic E-state index is 5.36. The van der Waals surface area contributed by atoms with Crippen LogP contribution in [0.15, 0.2) is 58.7 Å². The third-order valence-electron chi connectivity index (χ3n) is 2.90. The van der Waals surface area contributed by atoms with Crippen molar-refractivity contribution in [2.45, 2.75) is 0 Å². The van der Waals surface area contributed by atoms with Crippen LogP contribution in [-0.4, -0.2) is 19.4 Å². The number of nitrogens with zero attached hydrogens (tertiary/aromatic N) is 4. The molecule has 0 aliphatic carbocycles. The van der Waals surface area contributed by atoms with Gasteiger partial charge in [-0.3, -0.25) is 0 Å². The number of pyridine rings is 1. The lowest BCUT2D eigenvalue weighted by Crippen LogP contribution is -1.89. The number of rotatable bonds is 2. The van der Waals surface area contributed by atoms with E-state index in [1.54, 1.807) is 18.6 Å². The average molecular weight is 252 g/mol. The molecule has 6 heteroatoms. The molecule has 0 aliphatic rings. The third-order valence-corrected chi connectivity index (χ3v) is 2.90. The van der Waals surface area contributed by atoms with Crippen LogP contribution in [0.3, 0.4) is 0 Å². The molecule has 0 fully saturated rings. The zero-order valence-corrected chi connectivity index (χ0v) is 9.72. The topological polar surface area (TPSA) is 69.4 Å². The second-order valence-corrected chi connectivity index (χ2v) is 4.03. The summed E-state index contributed by atoms with van der Waals surface area (Å²) in [5.41, 5.74) is 2.56. The summed E-state index contributed by atoms with van der Waals surface area (Å²) in [5, 5.41) is 0. The largest absolute Gasteiger partial charge is 0.443 e. The molecule has 4 aromatic heterocycles. The van der Waals surface area contributed by atoms with E-state index in [1.807, 2.05) is 22.9 Å². The maximum Gasteiger partial charge on any atom is 0.181 e. The van der Waals surface area contributed by atoms with Gasteiger partial charge in [0.25, 0.3) is 0 Å². The molecule has 0 atom stereocenters. The van der Waals surface area contributed by atoms with Gasteiger partial charge < -0.3 is 13.2 Å². The second kappa shape index (κ2) is 3.81. The van der Waals surface area contributed by atoms with E-state index in [2.05, 4.69) is 15.0 Å². The zero-order valence-electron chi connectivity index (χ0n) is 9.72. The van der Waals surface area contributed by atoms with E-state index in [-0.39, 0.29) is 0 Å². The zero-order chi connectivity index (χ0) is 12.7. The van der Waals surface area contributed by atoms with Gasteiger partial charge in [0.2, 0.25) is 0 Å². The van der Waals surface area contributed by atoms with Crippen molar-refractivity contribution in [2.24, 2.45) is 0 Å². The molecule has 0 spiro atoms. The minimum absolute atomic E-state index is 0.664. The number of aromatic nitrogens is 4. The molecule has 0 aromatic carbocycles. The Morgan fingerprint density at radius 1 is 1.00 bits per heavy atom. The SMILES string of the molecule is c1cn2cc(-c3cnco3)cc(-c3cnco3)c2n1. The number of hydrogen-bond donors (Lipinski definition) is 0. The maximum atomic E-state index is 5.36. The second-order valence-electron chi connectivity index (χ2n) is 4.03. The van der Waals surface area contributed by atoms with Crippen LogP contribution in [0.1, 0.15) is 0 Å². The smallest absolute Gasteiger partial charge is 0.181 e. The Bertz CT molecular complexity index is 816. The molecule has 19 heavy (non-hydrogen) atoms. The first-order valence-electron chi connectivity index (χ1n) is 5.66. The Morgan fingerprint density at radius 2 is 1.79 bits per heavy atom. The molecule has 4 aromatic rings. The number of fused-ring (bicyclic) bond motifs is 1. The van der Waals surface area contributed by atoms with E-state index in [4.69, 9.17) is 8.83 Å². The van der Waals surface area contributed by atoms with E-state index < -0.39 is 0 Å². The summed E-state index contributed by atoms with van der Waals surface area (Å²) >= 11 is 0. The predicted octanol–water partition coefficient (Wildman–Crippen LogP) is 2.64. The summed E-state index contributed by atoms with van der Waals surface area (Å²) in [6, 6.07) is 1.95. The fourth-order valence-corrected chi connectivity index (χ4v) is 2.06. The Hall–Kier alpha value is -2.89. The first-order valence-corrected chi connectivity index (χ1v) is 5.66. The summed E-state index contributed by atoms with van der Waals surface area (Å²) < 4.78 is 12.6. The third kappa shape index (κ3) is 1.54. The van der Waals surface area contributed by atoms with Gasteiger partial charge in [0.1, 0.15) is 5.65 Å². The Labute approximate surface area is 107 Å². The first kappa shape index (κ1) is 10.1. The van der Waals surface area contributed by atoms with Crippen LogP contribution in [0.4, 0.5) is 0 Å². The van der Waals surface area contributed by atoms with Crippen molar-refractivity contribution in [3.05, 3.63) is 49.8 Å². The van der Waals surface area contributed by atoms with Crippen molar-refractivity contribution in [1.82, 2.24) is 19.4 Å².